The first-order chi connectivity index (χ1) is 8.20. The molecule has 1 unspecified atom stereocenters. The van der Waals surface area contributed by atoms with Crippen molar-refractivity contribution in [2.24, 2.45) is 0 Å². The quantitative estimate of drug-likeness (QED) is 0.765. The van der Waals surface area contributed by atoms with E-state index in [4.69, 9.17) is 0 Å². The van der Waals surface area contributed by atoms with Gasteiger partial charge < -0.3 is 10.2 Å². The summed E-state index contributed by atoms with van der Waals surface area (Å²) < 4.78 is 0. The second kappa shape index (κ2) is 5.10. The van der Waals surface area contributed by atoms with Gasteiger partial charge in [-0.1, -0.05) is 30.3 Å². The molecule has 90 valence electrons. The first-order valence-electron chi connectivity index (χ1n) is 5.77. The summed E-state index contributed by atoms with van der Waals surface area (Å²) in [6, 6.07) is 9.76. The molecule has 1 aromatic carbocycles. The van der Waals surface area contributed by atoms with Crippen LogP contribution in [0, 0.1) is 0 Å². The first-order valence-corrected chi connectivity index (χ1v) is 5.77. The van der Waals surface area contributed by atoms with Gasteiger partial charge >= 0.3 is 0 Å². The Kier molecular flexibility index (Phi) is 3.54. The lowest BCUT2D eigenvalue weighted by Crippen LogP contribution is -2.50. The predicted octanol–water partition coefficient (Wildman–Crippen LogP) is 0.748. The summed E-state index contributed by atoms with van der Waals surface area (Å²) in [4.78, 5) is 24.7. The average molecular weight is 232 g/mol. The number of hydrogen-bond donors (Lipinski definition) is 1. The molecule has 1 amide bonds. The van der Waals surface area contributed by atoms with Gasteiger partial charge in [0.2, 0.25) is 5.78 Å². The highest BCUT2D eigenvalue weighted by Gasteiger charge is 2.29. The third kappa shape index (κ3) is 2.53. The summed E-state index contributed by atoms with van der Waals surface area (Å²) in [6.07, 6.45) is 0. The van der Waals surface area contributed by atoms with Gasteiger partial charge in [-0.15, -0.1) is 0 Å². The summed E-state index contributed by atoms with van der Waals surface area (Å²) in [5.74, 6) is -0.784. The molecule has 4 nitrogen and oxygen atoms in total. The van der Waals surface area contributed by atoms with E-state index in [1.54, 1.807) is 4.90 Å². The Morgan fingerprint density at radius 1 is 1.29 bits per heavy atom. The molecule has 1 aromatic rings. The van der Waals surface area contributed by atoms with Gasteiger partial charge in [0.25, 0.3) is 5.91 Å². The molecule has 0 radical (unpaired) electrons. The Morgan fingerprint density at radius 3 is 2.65 bits per heavy atom. The van der Waals surface area contributed by atoms with Crippen LogP contribution in [0.25, 0.3) is 0 Å². The molecule has 4 heteroatoms. The van der Waals surface area contributed by atoms with Crippen LogP contribution in [0.1, 0.15) is 18.5 Å². The zero-order valence-corrected chi connectivity index (χ0v) is 9.85. The molecular formula is C13H16N2O2. The van der Waals surface area contributed by atoms with Gasteiger partial charge in [-0.3, -0.25) is 9.59 Å². The van der Waals surface area contributed by atoms with Crippen LogP contribution in [0.3, 0.4) is 0 Å². The number of carbonyl (C=O) groups excluding carboxylic acids is 2. The van der Waals surface area contributed by atoms with E-state index in [2.05, 4.69) is 5.32 Å². The van der Waals surface area contributed by atoms with Crippen LogP contribution >= 0.6 is 0 Å². The van der Waals surface area contributed by atoms with Crippen molar-refractivity contribution in [3.05, 3.63) is 35.9 Å². The zero-order valence-electron chi connectivity index (χ0n) is 9.85. The molecule has 17 heavy (non-hydrogen) atoms. The average Bonchev–Trinajstić information content (AvgIpc) is 2.39. The highest BCUT2D eigenvalue weighted by Crippen LogP contribution is 2.22. The fraction of sp³-hybridized carbons (Fsp3) is 0.385. The molecule has 2 rings (SSSR count). The van der Waals surface area contributed by atoms with Crippen LogP contribution in [0.2, 0.25) is 0 Å². The van der Waals surface area contributed by atoms with Crippen molar-refractivity contribution < 1.29 is 9.59 Å². The van der Waals surface area contributed by atoms with E-state index in [9.17, 15) is 9.59 Å². The van der Waals surface area contributed by atoms with E-state index in [-0.39, 0.29) is 11.9 Å². The molecule has 1 heterocycles. The van der Waals surface area contributed by atoms with Crippen LogP contribution in [0.5, 0.6) is 0 Å². The fourth-order valence-electron chi connectivity index (χ4n) is 2.12. The molecular weight excluding hydrogens is 216 g/mol. The Morgan fingerprint density at radius 2 is 2.00 bits per heavy atom. The van der Waals surface area contributed by atoms with E-state index in [1.165, 1.54) is 6.92 Å². The third-order valence-electron chi connectivity index (χ3n) is 2.99. The molecule has 0 bridgehead atoms. The van der Waals surface area contributed by atoms with Crippen LogP contribution in [-0.2, 0) is 9.59 Å². The number of nitrogens with one attached hydrogen (secondary N) is 1. The second-order valence-corrected chi connectivity index (χ2v) is 4.19. The summed E-state index contributed by atoms with van der Waals surface area (Å²) in [6.45, 7) is 3.34. The first kappa shape index (κ1) is 11.8. The summed E-state index contributed by atoms with van der Waals surface area (Å²) >= 11 is 0. The number of carbonyl (C=O) groups is 2. The van der Waals surface area contributed by atoms with Gasteiger partial charge in [0.1, 0.15) is 0 Å². The minimum Gasteiger partial charge on any atom is -0.327 e. The van der Waals surface area contributed by atoms with E-state index in [0.29, 0.717) is 13.1 Å². The lowest BCUT2D eigenvalue weighted by atomic mass is 10.0. The molecule has 1 atom stereocenters. The second-order valence-electron chi connectivity index (χ2n) is 4.19. The lowest BCUT2D eigenvalue weighted by molar-refractivity contribution is -0.145. The molecule has 1 fully saturated rings. The summed E-state index contributed by atoms with van der Waals surface area (Å²) in [5, 5.41) is 3.25. The van der Waals surface area contributed by atoms with Crippen molar-refractivity contribution >= 4 is 11.7 Å². The predicted molar refractivity (Wildman–Crippen MR) is 64.4 cm³/mol. The number of rotatable bonds is 2. The van der Waals surface area contributed by atoms with E-state index in [0.717, 1.165) is 12.1 Å². The molecule has 0 aromatic heterocycles. The van der Waals surface area contributed by atoms with Gasteiger partial charge in [0.05, 0.1) is 6.04 Å². The Hall–Kier alpha value is -1.68. The molecule has 0 spiro atoms. The number of ketones is 1. The monoisotopic (exact) mass is 232 g/mol. The van der Waals surface area contributed by atoms with E-state index in [1.807, 2.05) is 30.3 Å². The lowest BCUT2D eigenvalue weighted by Gasteiger charge is -2.35. The Bertz CT molecular complexity index is 417. The van der Waals surface area contributed by atoms with Crippen molar-refractivity contribution in [2.45, 2.75) is 13.0 Å². The van der Waals surface area contributed by atoms with Crippen molar-refractivity contribution in [3.63, 3.8) is 0 Å². The number of amides is 1. The van der Waals surface area contributed by atoms with Gasteiger partial charge in [-0.25, -0.2) is 0 Å². The molecule has 0 saturated carbocycles. The summed E-state index contributed by atoms with van der Waals surface area (Å²) in [7, 11) is 0. The van der Waals surface area contributed by atoms with Gasteiger partial charge in [-0.2, -0.15) is 0 Å². The van der Waals surface area contributed by atoms with Gasteiger partial charge in [0.15, 0.2) is 0 Å². The maximum Gasteiger partial charge on any atom is 0.290 e. The Balaban J connectivity index is 2.24. The topological polar surface area (TPSA) is 49.4 Å². The molecule has 1 saturated heterocycles. The van der Waals surface area contributed by atoms with Crippen LogP contribution < -0.4 is 5.32 Å². The third-order valence-corrected chi connectivity index (χ3v) is 2.99. The van der Waals surface area contributed by atoms with E-state index < -0.39 is 5.78 Å². The number of benzene rings is 1. The molecule has 0 aliphatic carbocycles. The van der Waals surface area contributed by atoms with Crippen LogP contribution in [0.15, 0.2) is 30.3 Å². The van der Waals surface area contributed by atoms with Crippen molar-refractivity contribution in [1.82, 2.24) is 10.2 Å². The Labute approximate surface area is 101 Å². The number of Topliss-reactive ketones (excluding diaryl/α,β-unsaturated/α-hetero) is 1. The summed E-state index contributed by atoms with van der Waals surface area (Å²) in [5.41, 5.74) is 1.06. The molecule has 1 aliphatic heterocycles. The minimum atomic E-state index is -0.396. The van der Waals surface area contributed by atoms with Crippen molar-refractivity contribution in [2.75, 3.05) is 19.6 Å². The maximum atomic E-state index is 11.8. The minimum absolute atomic E-state index is 0.0404. The highest BCUT2D eigenvalue weighted by atomic mass is 16.2. The standard InChI is InChI=1S/C13H16N2O2/c1-10(16)13(17)15-8-7-14-9-12(15)11-5-3-2-4-6-11/h2-6,12,14H,7-9H2,1H3. The SMILES string of the molecule is CC(=O)C(=O)N1CCNCC1c1ccccc1. The zero-order chi connectivity index (χ0) is 12.3. The highest BCUT2D eigenvalue weighted by molar-refractivity contribution is 6.35. The molecule has 1 N–H and O–H groups in total. The largest absolute Gasteiger partial charge is 0.327 e. The van der Waals surface area contributed by atoms with Gasteiger partial charge in [0, 0.05) is 26.6 Å². The normalized spacial score (nSPS) is 20.1. The van der Waals surface area contributed by atoms with Gasteiger partial charge in [-0.05, 0) is 5.56 Å². The van der Waals surface area contributed by atoms with Crippen LogP contribution in [-0.4, -0.2) is 36.2 Å². The van der Waals surface area contributed by atoms with Crippen LogP contribution in [0.4, 0.5) is 0 Å². The molecule has 1 aliphatic rings. The maximum absolute atomic E-state index is 11.8. The number of hydrogen-bond acceptors (Lipinski definition) is 3. The van der Waals surface area contributed by atoms with E-state index >= 15 is 0 Å². The van der Waals surface area contributed by atoms with Crippen molar-refractivity contribution in [1.29, 1.82) is 0 Å². The van der Waals surface area contributed by atoms with Crippen molar-refractivity contribution in [3.8, 4) is 0 Å². The number of piperazine rings is 1. The fourth-order valence-corrected chi connectivity index (χ4v) is 2.12. The number of nitrogens with zero attached hydrogens (tertiary/aromatic N) is 1. The smallest absolute Gasteiger partial charge is 0.290 e.